The van der Waals surface area contributed by atoms with Gasteiger partial charge in [-0.05, 0) is 12.1 Å². The zero-order chi connectivity index (χ0) is 11.4. The summed E-state index contributed by atoms with van der Waals surface area (Å²) in [7, 11) is 3.45. The van der Waals surface area contributed by atoms with Gasteiger partial charge in [0.15, 0.2) is 0 Å². The van der Waals surface area contributed by atoms with E-state index in [1.54, 1.807) is 19.1 Å². The van der Waals surface area contributed by atoms with Crippen molar-refractivity contribution in [3.8, 4) is 0 Å². The first-order valence-corrected chi connectivity index (χ1v) is 4.55. The average molecular weight is 216 g/mol. The van der Waals surface area contributed by atoms with E-state index in [4.69, 9.17) is 0 Å². The Morgan fingerprint density at radius 3 is 2.33 bits per heavy atom. The number of aliphatic hydroxyl groups excluding tert-OH is 1. The average Bonchev–Trinajstić information content (AvgIpc) is 2.14. The number of halogens is 2. The number of nitrogens with zero attached hydrogens (tertiary/aromatic N) is 1. The lowest BCUT2D eigenvalue weighted by molar-refractivity contribution is 0.134. The van der Waals surface area contributed by atoms with Crippen LogP contribution in [0, 0.1) is 11.6 Å². The Hall–Kier alpha value is -1.04. The Morgan fingerprint density at radius 1 is 1.33 bits per heavy atom. The van der Waals surface area contributed by atoms with E-state index >= 15 is 0 Å². The third-order valence-corrected chi connectivity index (χ3v) is 1.93. The first-order chi connectivity index (χ1) is 7.02. The number of hydrazine groups is 1. The van der Waals surface area contributed by atoms with Gasteiger partial charge < -0.3 is 5.11 Å². The summed E-state index contributed by atoms with van der Waals surface area (Å²) in [5.41, 5.74) is 2.45. The number of benzene rings is 1. The minimum atomic E-state index is -1.20. The maximum Gasteiger partial charge on any atom is 0.131 e. The summed E-state index contributed by atoms with van der Waals surface area (Å²) in [5.74, 6) is -1.47. The number of nitrogens with one attached hydrogen (secondary N) is 1. The molecule has 0 aliphatic carbocycles. The van der Waals surface area contributed by atoms with Gasteiger partial charge in [0.2, 0.25) is 0 Å². The van der Waals surface area contributed by atoms with E-state index in [0.29, 0.717) is 0 Å². The zero-order valence-electron chi connectivity index (χ0n) is 8.67. The van der Waals surface area contributed by atoms with E-state index in [1.807, 2.05) is 0 Å². The van der Waals surface area contributed by atoms with Gasteiger partial charge in [0.25, 0.3) is 0 Å². The fraction of sp³-hybridized carbons (Fsp3) is 0.400. The standard InChI is InChI=1S/C10H14F2N2O/c1-14(2)13-6-9(15)10-7(11)4-3-5-8(10)12/h3-5,9,13,15H,6H2,1-2H3. The molecule has 3 nitrogen and oxygen atoms in total. The molecule has 1 atom stereocenters. The van der Waals surface area contributed by atoms with Crippen molar-refractivity contribution in [2.75, 3.05) is 20.6 Å². The summed E-state index contributed by atoms with van der Waals surface area (Å²) >= 11 is 0. The topological polar surface area (TPSA) is 35.5 Å². The van der Waals surface area contributed by atoms with Gasteiger partial charge in [-0.15, -0.1) is 0 Å². The zero-order valence-corrected chi connectivity index (χ0v) is 8.67. The van der Waals surface area contributed by atoms with Crippen molar-refractivity contribution in [1.29, 1.82) is 0 Å². The largest absolute Gasteiger partial charge is 0.387 e. The van der Waals surface area contributed by atoms with Crippen molar-refractivity contribution >= 4 is 0 Å². The minimum Gasteiger partial charge on any atom is -0.387 e. The molecular formula is C10H14F2N2O. The van der Waals surface area contributed by atoms with Gasteiger partial charge in [-0.3, -0.25) is 10.4 Å². The van der Waals surface area contributed by atoms with Crippen LogP contribution < -0.4 is 5.43 Å². The molecule has 1 aromatic rings. The van der Waals surface area contributed by atoms with E-state index in [-0.39, 0.29) is 12.1 Å². The Kier molecular flexibility index (Phi) is 4.14. The summed E-state index contributed by atoms with van der Waals surface area (Å²) in [4.78, 5) is 0. The van der Waals surface area contributed by atoms with E-state index in [9.17, 15) is 13.9 Å². The van der Waals surface area contributed by atoms with E-state index in [0.717, 1.165) is 12.1 Å². The van der Waals surface area contributed by atoms with Crippen LogP contribution in [0.4, 0.5) is 8.78 Å². The summed E-state index contributed by atoms with van der Waals surface area (Å²) in [6.07, 6.45) is -1.20. The monoisotopic (exact) mass is 216 g/mol. The van der Waals surface area contributed by atoms with Crippen molar-refractivity contribution in [3.05, 3.63) is 35.4 Å². The SMILES string of the molecule is CN(C)NCC(O)c1c(F)cccc1F. The molecule has 0 aromatic heterocycles. The second-order valence-corrected chi connectivity index (χ2v) is 3.41. The Bertz CT molecular complexity index is 311. The number of hydrogen-bond donors (Lipinski definition) is 2. The maximum absolute atomic E-state index is 13.2. The van der Waals surface area contributed by atoms with Crippen LogP contribution in [0.5, 0.6) is 0 Å². The first-order valence-electron chi connectivity index (χ1n) is 4.55. The molecule has 84 valence electrons. The highest BCUT2D eigenvalue weighted by atomic mass is 19.1. The lowest BCUT2D eigenvalue weighted by Crippen LogP contribution is -2.34. The van der Waals surface area contributed by atoms with Crippen LogP contribution in [-0.2, 0) is 0 Å². The summed E-state index contributed by atoms with van der Waals surface area (Å²) in [5, 5.41) is 11.2. The predicted molar refractivity (Wildman–Crippen MR) is 53.0 cm³/mol. The third-order valence-electron chi connectivity index (χ3n) is 1.93. The highest BCUT2D eigenvalue weighted by Crippen LogP contribution is 2.19. The van der Waals surface area contributed by atoms with Gasteiger partial charge in [-0.25, -0.2) is 8.78 Å². The fourth-order valence-corrected chi connectivity index (χ4v) is 1.20. The first kappa shape index (κ1) is 12.0. The molecule has 2 N–H and O–H groups in total. The van der Waals surface area contributed by atoms with Crippen LogP contribution in [-0.4, -0.2) is 30.8 Å². The van der Waals surface area contributed by atoms with Crippen molar-refractivity contribution < 1.29 is 13.9 Å². The second kappa shape index (κ2) is 5.16. The van der Waals surface area contributed by atoms with Crippen molar-refractivity contribution in [3.63, 3.8) is 0 Å². The molecule has 0 spiro atoms. The van der Waals surface area contributed by atoms with Crippen LogP contribution in [0.3, 0.4) is 0 Å². The summed E-state index contributed by atoms with van der Waals surface area (Å²) in [6.45, 7) is 0.0604. The molecule has 0 heterocycles. The van der Waals surface area contributed by atoms with Crippen LogP contribution in [0.2, 0.25) is 0 Å². The highest BCUT2D eigenvalue weighted by molar-refractivity contribution is 5.22. The maximum atomic E-state index is 13.2. The van der Waals surface area contributed by atoms with Crippen molar-refractivity contribution in [2.45, 2.75) is 6.10 Å². The Balaban J connectivity index is 2.77. The predicted octanol–water partition coefficient (Wildman–Crippen LogP) is 1.06. The number of aliphatic hydroxyl groups is 1. The number of hydrogen-bond acceptors (Lipinski definition) is 3. The van der Waals surface area contributed by atoms with E-state index in [2.05, 4.69) is 5.43 Å². The van der Waals surface area contributed by atoms with Gasteiger partial charge >= 0.3 is 0 Å². The molecule has 15 heavy (non-hydrogen) atoms. The third kappa shape index (κ3) is 3.23. The second-order valence-electron chi connectivity index (χ2n) is 3.41. The van der Waals surface area contributed by atoms with E-state index in [1.165, 1.54) is 6.07 Å². The van der Waals surface area contributed by atoms with Crippen LogP contribution in [0.1, 0.15) is 11.7 Å². The summed E-state index contributed by atoms with van der Waals surface area (Å²) in [6, 6.07) is 3.51. The molecule has 0 amide bonds. The smallest absolute Gasteiger partial charge is 0.131 e. The minimum absolute atomic E-state index is 0.0604. The van der Waals surface area contributed by atoms with Gasteiger partial charge in [0, 0.05) is 20.6 Å². The highest BCUT2D eigenvalue weighted by Gasteiger charge is 2.17. The molecule has 0 fully saturated rings. The van der Waals surface area contributed by atoms with Crippen LogP contribution >= 0.6 is 0 Å². The molecule has 0 radical (unpaired) electrons. The van der Waals surface area contributed by atoms with Gasteiger partial charge in [-0.1, -0.05) is 6.07 Å². The van der Waals surface area contributed by atoms with E-state index < -0.39 is 17.7 Å². The molecule has 5 heteroatoms. The molecule has 0 aliphatic heterocycles. The van der Waals surface area contributed by atoms with Crippen LogP contribution in [0.25, 0.3) is 0 Å². The van der Waals surface area contributed by atoms with Crippen molar-refractivity contribution in [2.24, 2.45) is 0 Å². The van der Waals surface area contributed by atoms with Gasteiger partial charge in [0.05, 0.1) is 11.7 Å². The quantitative estimate of drug-likeness (QED) is 0.739. The molecule has 0 aliphatic rings. The molecule has 1 aromatic carbocycles. The molecule has 0 saturated carbocycles. The fourth-order valence-electron chi connectivity index (χ4n) is 1.20. The molecule has 0 saturated heterocycles. The number of rotatable bonds is 4. The van der Waals surface area contributed by atoms with Crippen LogP contribution in [0.15, 0.2) is 18.2 Å². The normalized spacial score (nSPS) is 13.2. The lowest BCUT2D eigenvalue weighted by Gasteiger charge is -2.17. The van der Waals surface area contributed by atoms with Gasteiger partial charge in [-0.2, -0.15) is 0 Å². The summed E-state index contributed by atoms with van der Waals surface area (Å²) < 4.78 is 26.4. The molecular weight excluding hydrogens is 202 g/mol. The van der Waals surface area contributed by atoms with Crippen molar-refractivity contribution in [1.82, 2.24) is 10.4 Å². The lowest BCUT2D eigenvalue weighted by atomic mass is 10.1. The molecule has 0 bridgehead atoms. The molecule has 1 rings (SSSR count). The Morgan fingerprint density at radius 2 is 1.87 bits per heavy atom. The Labute approximate surface area is 87.3 Å². The van der Waals surface area contributed by atoms with Gasteiger partial charge in [0.1, 0.15) is 11.6 Å². The molecule has 1 unspecified atom stereocenters.